The van der Waals surface area contributed by atoms with Crippen LogP contribution in [0.3, 0.4) is 0 Å². The van der Waals surface area contributed by atoms with Crippen molar-refractivity contribution in [3.8, 4) is 5.88 Å². The lowest BCUT2D eigenvalue weighted by Gasteiger charge is -2.05. The summed E-state index contributed by atoms with van der Waals surface area (Å²) < 4.78 is 30.5. The zero-order chi connectivity index (χ0) is 16.3. The Balaban J connectivity index is 2.29. The van der Waals surface area contributed by atoms with Gasteiger partial charge in [0.05, 0.1) is 4.90 Å². The van der Waals surface area contributed by atoms with Crippen molar-refractivity contribution in [1.29, 1.82) is 0 Å². The summed E-state index contributed by atoms with van der Waals surface area (Å²) >= 11 is 0. The van der Waals surface area contributed by atoms with E-state index in [9.17, 15) is 13.2 Å². The van der Waals surface area contributed by atoms with Crippen LogP contribution in [0.4, 0.5) is 5.82 Å². The molecular formula is C14H17N3O4S. The number of benzene rings is 1. The first kappa shape index (κ1) is 16.0. The van der Waals surface area contributed by atoms with Gasteiger partial charge in [0.1, 0.15) is 5.82 Å². The van der Waals surface area contributed by atoms with Gasteiger partial charge in [-0.15, -0.1) is 9.19 Å². The third-order valence-electron chi connectivity index (χ3n) is 2.74. The number of esters is 1. The number of hydrogen-bond donors (Lipinski definition) is 1. The lowest BCUT2D eigenvalue weighted by Crippen LogP contribution is -2.17. The molecule has 0 aliphatic heterocycles. The van der Waals surface area contributed by atoms with Crippen LogP contribution in [0.2, 0.25) is 0 Å². The molecule has 1 heterocycles. The summed E-state index contributed by atoms with van der Waals surface area (Å²) in [6.07, 6.45) is 0.207. The van der Waals surface area contributed by atoms with Crippen LogP contribution in [0.15, 0.2) is 41.3 Å². The Bertz CT molecular complexity index is 767. The zero-order valence-corrected chi connectivity index (χ0v) is 13.1. The molecule has 1 aromatic carbocycles. The first-order valence-electron chi connectivity index (χ1n) is 6.67. The minimum absolute atomic E-state index is 0.0462. The maximum Gasteiger partial charge on any atom is 0.312 e. The number of aromatic nitrogens is 2. The average molecular weight is 323 g/mol. The van der Waals surface area contributed by atoms with Crippen LogP contribution in [0.5, 0.6) is 5.88 Å². The molecular weight excluding hydrogens is 306 g/mol. The SMILES string of the molecule is CC(C)CC(=O)Oc1cc(N)n(S(=O)(=O)c2ccccc2)n1. The molecule has 0 amide bonds. The monoisotopic (exact) mass is 323 g/mol. The summed E-state index contributed by atoms with van der Waals surface area (Å²) in [5.74, 6) is -0.629. The molecule has 2 rings (SSSR count). The number of nitrogens with two attached hydrogens (primary N) is 1. The molecule has 8 heteroatoms. The van der Waals surface area contributed by atoms with Gasteiger partial charge in [0.15, 0.2) is 0 Å². The first-order chi connectivity index (χ1) is 10.3. The minimum Gasteiger partial charge on any atom is -0.406 e. The van der Waals surface area contributed by atoms with Gasteiger partial charge in [-0.1, -0.05) is 32.0 Å². The van der Waals surface area contributed by atoms with Gasteiger partial charge in [-0.2, -0.15) is 8.42 Å². The molecule has 0 aliphatic rings. The molecule has 0 unspecified atom stereocenters. The van der Waals surface area contributed by atoms with E-state index in [1.54, 1.807) is 18.2 Å². The van der Waals surface area contributed by atoms with Crippen molar-refractivity contribution in [2.45, 2.75) is 25.2 Å². The van der Waals surface area contributed by atoms with Crippen LogP contribution in [0.25, 0.3) is 0 Å². The number of nitrogen functional groups attached to an aromatic ring is 1. The topological polar surface area (TPSA) is 104 Å². The Hall–Kier alpha value is -2.35. The first-order valence-corrected chi connectivity index (χ1v) is 8.11. The van der Waals surface area contributed by atoms with E-state index < -0.39 is 16.0 Å². The van der Waals surface area contributed by atoms with Gasteiger partial charge in [0, 0.05) is 12.5 Å². The number of ether oxygens (including phenoxy) is 1. The second-order valence-corrected chi connectivity index (χ2v) is 6.91. The van der Waals surface area contributed by atoms with Crippen molar-refractivity contribution < 1.29 is 17.9 Å². The van der Waals surface area contributed by atoms with Gasteiger partial charge in [0.2, 0.25) is 5.88 Å². The van der Waals surface area contributed by atoms with Crippen molar-refractivity contribution in [2.75, 3.05) is 5.73 Å². The molecule has 2 N–H and O–H groups in total. The molecule has 2 aromatic rings. The number of carbonyl (C=O) groups excluding carboxylic acids is 1. The average Bonchev–Trinajstić information content (AvgIpc) is 2.80. The van der Waals surface area contributed by atoms with Crippen molar-refractivity contribution in [3.63, 3.8) is 0 Å². The summed E-state index contributed by atoms with van der Waals surface area (Å²) in [5, 5.41) is 3.77. The van der Waals surface area contributed by atoms with E-state index in [0.717, 1.165) is 0 Å². The quantitative estimate of drug-likeness (QED) is 0.839. The minimum atomic E-state index is -3.92. The summed E-state index contributed by atoms with van der Waals surface area (Å²) in [6, 6.07) is 8.96. The molecule has 7 nitrogen and oxygen atoms in total. The molecule has 1 aromatic heterocycles. The zero-order valence-electron chi connectivity index (χ0n) is 12.3. The van der Waals surface area contributed by atoms with Crippen molar-refractivity contribution in [2.24, 2.45) is 5.92 Å². The molecule has 0 bridgehead atoms. The highest BCUT2D eigenvalue weighted by molar-refractivity contribution is 7.90. The van der Waals surface area contributed by atoms with Crippen LogP contribution in [-0.4, -0.2) is 23.6 Å². The van der Waals surface area contributed by atoms with E-state index in [-0.39, 0.29) is 28.9 Å². The van der Waals surface area contributed by atoms with Crippen molar-refractivity contribution >= 4 is 21.8 Å². The fourth-order valence-electron chi connectivity index (χ4n) is 1.78. The number of carbonyl (C=O) groups is 1. The molecule has 118 valence electrons. The lowest BCUT2D eigenvalue weighted by molar-refractivity contribution is -0.135. The summed E-state index contributed by atoms with van der Waals surface area (Å²) in [6.45, 7) is 3.74. The second kappa shape index (κ2) is 6.18. The Morgan fingerprint density at radius 3 is 2.55 bits per heavy atom. The molecule has 0 radical (unpaired) electrons. The van der Waals surface area contributed by atoms with E-state index in [1.165, 1.54) is 18.2 Å². The molecule has 0 spiro atoms. The van der Waals surface area contributed by atoms with Crippen LogP contribution in [0.1, 0.15) is 20.3 Å². The van der Waals surface area contributed by atoms with Crippen molar-refractivity contribution in [1.82, 2.24) is 9.19 Å². The number of rotatable bonds is 5. The van der Waals surface area contributed by atoms with Crippen LogP contribution >= 0.6 is 0 Å². The van der Waals surface area contributed by atoms with E-state index in [4.69, 9.17) is 10.5 Å². The lowest BCUT2D eigenvalue weighted by atomic mass is 10.1. The van der Waals surface area contributed by atoms with Crippen LogP contribution < -0.4 is 10.5 Å². The van der Waals surface area contributed by atoms with E-state index in [1.807, 2.05) is 13.8 Å². The predicted molar refractivity (Wildman–Crippen MR) is 80.8 cm³/mol. The summed E-state index contributed by atoms with van der Waals surface area (Å²) in [4.78, 5) is 11.6. The smallest absolute Gasteiger partial charge is 0.312 e. The van der Waals surface area contributed by atoms with Gasteiger partial charge in [-0.3, -0.25) is 4.79 Å². The largest absolute Gasteiger partial charge is 0.406 e. The molecule has 0 saturated heterocycles. The molecule has 0 atom stereocenters. The highest BCUT2D eigenvalue weighted by atomic mass is 32.2. The highest BCUT2D eigenvalue weighted by Gasteiger charge is 2.22. The fourth-order valence-corrected chi connectivity index (χ4v) is 3.00. The van der Waals surface area contributed by atoms with Gasteiger partial charge in [-0.25, -0.2) is 0 Å². The Morgan fingerprint density at radius 2 is 1.95 bits per heavy atom. The van der Waals surface area contributed by atoms with E-state index >= 15 is 0 Å². The Labute approximate surface area is 128 Å². The van der Waals surface area contributed by atoms with Gasteiger partial charge < -0.3 is 10.5 Å². The molecule has 0 fully saturated rings. The normalized spacial score (nSPS) is 11.6. The molecule has 0 saturated carbocycles. The maximum atomic E-state index is 12.4. The summed E-state index contributed by atoms with van der Waals surface area (Å²) in [7, 11) is -3.92. The third kappa shape index (κ3) is 3.45. The van der Waals surface area contributed by atoms with Gasteiger partial charge in [0.25, 0.3) is 10.0 Å². The number of nitrogens with zero attached hydrogens (tertiary/aromatic N) is 2. The fraction of sp³-hybridized carbons (Fsp3) is 0.286. The highest BCUT2D eigenvalue weighted by Crippen LogP contribution is 2.21. The number of hydrogen-bond acceptors (Lipinski definition) is 6. The van der Waals surface area contributed by atoms with E-state index in [0.29, 0.717) is 4.09 Å². The molecule has 0 aliphatic carbocycles. The van der Waals surface area contributed by atoms with Crippen LogP contribution in [0, 0.1) is 5.92 Å². The third-order valence-corrected chi connectivity index (χ3v) is 4.36. The second-order valence-electron chi connectivity index (χ2n) is 5.14. The predicted octanol–water partition coefficient (Wildman–Crippen LogP) is 1.65. The van der Waals surface area contributed by atoms with Gasteiger partial charge in [-0.05, 0) is 18.1 Å². The molecule has 22 heavy (non-hydrogen) atoms. The van der Waals surface area contributed by atoms with Gasteiger partial charge >= 0.3 is 5.97 Å². The Kier molecular flexibility index (Phi) is 4.51. The van der Waals surface area contributed by atoms with E-state index in [2.05, 4.69) is 5.10 Å². The standard InChI is InChI=1S/C14H17N3O4S/c1-10(2)8-14(18)21-13-9-12(15)17(16-13)22(19,20)11-6-4-3-5-7-11/h3-7,9-10H,8,15H2,1-2H3. The summed E-state index contributed by atoms with van der Waals surface area (Å²) in [5.41, 5.74) is 5.67. The maximum absolute atomic E-state index is 12.4. The van der Waals surface area contributed by atoms with Crippen LogP contribution in [-0.2, 0) is 14.8 Å². The number of anilines is 1. The Morgan fingerprint density at radius 1 is 1.32 bits per heavy atom. The van der Waals surface area contributed by atoms with Crippen molar-refractivity contribution in [3.05, 3.63) is 36.4 Å².